The van der Waals surface area contributed by atoms with Crippen LogP contribution in [0.2, 0.25) is 0 Å². The zero-order chi connectivity index (χ0) is 15.8. The van der Waals surface area contributed by atoms with Crippen LogP contribution in [0.15, 0.2) is 67.0 Å². The molecule has 0 aliphatic rings. The lowest BCUT2D eigenvalue weighted by molar-refractivity contribution is -0.671. The van der Waals surface area contributed by atoms with Crippen LogP contribution in [-0.4, -0.2) is 4.57 Å². The van der Waals surface area contributed by atoms with Gasteiger partial charge in [0.15, 0.2) is 12.4 Å². The highest BCUT2D eigenvalue weighted by atomic mass is 14.9. The third-order valence-electron chi connectivity index (χ3n) is 4.41. The SMILES string of the molecule is Cn1c2ccccc2c2ccc(/C=C/c3cc[n+](C)cc3)cc21. The number of aryl methyl sites for hydroxylation is 2. The molecule has 0 atom stereocenters. The van der Waals surface area contributed by atoms with E-state index in [9.17, 15) is 0 Å². The fourth-order valence-electron chi connectivity index (χ4n) is 3.10. The Labute approximate surface area is 135 Å². The van der Waals surface area contributed by atoms with Gasteiger partial charge in [0.05, 0.1) is 0 Å². The molecule has 4 aromatic rings. The van der Waals surface area contributed by atoms with Gasteiger partial charge in [0.2, 0.25) is 0 Å². The number of benzene rings is 2. The smallest absolute Gasteiger partial charge is 0.169 e. The second-order valence-electron chi connectivity index (χ2n) is 5.98. The van der Waals surface area contributed by atoms with Crippen molar-refractivity contribution in [1.82, 2.24) is 4.57 Å². The Bertz CT molecular complexity index is 1020. The number of nitrogens with zero attached hydrogens (tertiary/aromatic N) is 2. The molecule has 2 nitrogen and oxygen atoms in total. The molecule has 0 radical (unpaired) electrons. The quantitative estimate of drug-likeness (QED) is 0.487. The van der Waals surface area contributed by atoms with E-state index in [2.05, 4.69) is 90.8 Å². The molecular formula is C21H19N2+. The summed E-state index contributed by atoms with van der Waals surface area (Å²) in [5.41, 5.74) is 4.98. The molecule has 2 aromatic heterocycles. The number of hydrogen-bond acceptors (Lipinski definition) is 0. The van der Waals surface area contributed by atoms with Crippen LogP contribution in [-0.2, 0) is 14.1 Å². The van der Waals surface area contributed by atoms with Crippen LogP contribution in [0.25, 0.3) is 34.0 Å². The maximum absolute atomic E-state index is 2.27. The molecule has 112 valence electrons. The molecule has 2 heteroatoms. The molecule has 2 heterocycles. The van der Waals surface area contributed by atoms with Crippen molar-refractivity contribution in [3.63, 3.8) is 0 Å². The van der Waals surface area contributed by atoms with E-state index in [1.54, 1.807) is 0 Å². The molecule has 0 bridgehead atoms. The summed E-state index contributed by atoms with van der Waals surface area (Å²) in [6.45, 7) is 0. The van der Waals surface area contributed by atoms with E-state index in [4.69, 9.17) is 0 Å². The summed E-state index contributed by atoms with van der Waals surface area (Å²) in [6.07, 6.45) is 8.45. The summed E-state index contributed by atoms with van der Waals surface area (Å²) < 4.78 is 4.31. The predicted molar refractivity (Wildman–Crippen MR) is 97.0 cm³/mol. The summed E-state index contributed by atoms with van der Waals surface area (Å²) in [6, 6.07) is 19.5. The van der Waals surface area contributed by atoms with Crippen LogP contribution < -0.4 is 4.57 Å². The fraction of sp³-hybridized carbons (Fsp3) is 0.0952. The summed E-state index contributed by atoms with van der Waals surface area (Å²) in [5.74, 6) is 0. The Morgan fingerprint density at radius 3 is 2.30 bits per heavy atom. The van der Waals surface area contributed by atoms with Crippen LogP contribution in [0, 0.1) is 0 Å². The first-order valence-corrected chi connectivity index (χ1v) is 7.83. The van der Waals surface area contributed by atoms with Gasteiger partial charge in [0.25, 0.3) is 0 Å². The van der Waals surface area contributed by atoms with Crippen LogP contribution >= 0.6 is 0 Å². The van der Waals surface area contributed by atoms with Crippen molar-refractivity contribution in [2.24, 2.45) is 14.1 Å². The van der Waals surface area contributed by atoms with E-state index in [-0.39, 0.29) is 0 Å². The van der Waals surface area contributed by atoms with Crippen LogP contribution in [0.1, 0.15) is 11.1 Å². The largest absolute Gasteiger partial charge is 0.344 e. The van der Waals surface area contributed by atoms with E-state index >= 15 is 0 Å². The van der Waals surface area contributed by atoms with E-state index < -0.39 is 0 Å². The van der Waals surface area contributed by atoms with Crippen molar-refractivity contribution in [3.05, 3.63) is 78.1 Å². The van der Waals surface area contributed by atoms with Gasteiger partial charge in [-0.2, -0.15) is 0 Å². The van der Waals surface area contributed by atoms with Gasteiger partial charge in [-0.05, 0) is 23.3 Å². The second-order valence-corrected chi connectivity index (χ2v) is 5.98. The van der Waals surface area contributed by atoms with Crippen molar-refractivity contribution < 1.29 is 4.57 Å². The molecule has 23 heavy (non-hydrogen) atoms. The second kappa shape index (κ2) is 5.40. The first-order valence-electron chi connectivity index (χ1n) is 7.83. The highest BCUT2D eigenvalue weighted by molar-refractivity contribution is 6.08. The predicted octanol–water partition coefficient (Wildman–Crippen LogP) is 4.33. The maximum atomic E-state index is 2.27. The molecule has 0 saturated carbocycles. The third kappa shape index (κ3) is 2.42. The molecule has 2 aromatic carbocycles. The minimum absolute atomic E-state index is 1.21. The normalized spacial score (nSPS) is 11.7. The molecule has 0 unspecified atom stereocenters. The van der Waals surface area contributed by atoms with Gasteiger partial charge in [-0.1, -0.05) is 42.5 Å². The number of fused-ring (bicyclic) bond motifs is 3. The van der Waals surface area contributed by atoms with Crippen molar-refractivity contribution in [2.45, 2.75) is 0 Å². The molecule has 0 aliphatic heterocycles. The van der Waals surface area contributed by atoms with Crippen molar-refractivity contribution >= 4 is 34.0 Å². The molecule has 0 amide bonds. The fourth-order valence-corrected chi connectivity index (χ4v) is 3.10. The number of aromatic nitrogens is 2. The van der Waals surface area contributed by atoms with E-state index in [0.29, 0.717) is 0 Å². The number of para-hydroxylation sites is 1. The molecule has 0 fully saturated rings. The molecule has 0 saturated heterocycles. The maximum Gasteiger partial charge on any atom is 0.169 e. The average Bonchev–Trinajstić information content (AvgIpc) is 2.87. The summed E-state index contributed by atoms with van der Waals surface area (Å²) in [4.78, 5) is 0. The van der Waals surface area contributed by atoms with Gasteiger partial charge in [0, 0.05) is 41.0 Å². The van der Waals surface area contributed by atoms with Crippen LogP contribution in [0.3, 0.4) is 0 Å². The molecular weight excluding hydrogens is 280 g/mol. The standard InChI is InChI=1S/C21H19N2/c1-22-13-11-16(12-14-22)7-8-17-9-10-19-18-5-3-4-6-20(18)23(2)21(19)15-17/h3-15H,1-2H3/q+1. The zero-order valence-electron chi connectivity index (χ0n) is 13.4. The van der Waals surface area contributed by atoms with E-state index in [0.717, 1.165) is 0 Å². The lowest BCUT2D eigenvalue weighted by Gasteiger charge is -1.99. The summed E-state index contributed by atoms with van der Waals surface area (Å²) >= 11 is 0. The summed E-state index contributed by atoms with van der Waals surface area (Å²) in [7, 11) is 4.16. The zero-order valence-corrected chi connectivity index (χ0v) is 13.4. The molecule has 0 aliphatic carbocycles. The highest BCUT2D eigenvalue weighted by Gasteiger charge is 2.07. The van der Waals surface area contributed by atoms with Gasteiger partial charge in [0.1, 0.15) is 7.05 Å². The first kappa shape index (κ1) is 13.8. The Morgan fingerprint density at radius 2 is 1.48 bits per heavy atom. The van der Waals surface area contributed by atoms with Crippen molar-refractivity contribution in [1.29, 1.82) is 0 Å². The topological polar surface area (TPSA) is 8.81 Å². The summed E-state index contributed by atoms with van der Waals surface area (Å²) in [5, 5.41) is 2.63. The van der Waals surface area contributed by atoms with E-state index in [1.807, 2.05) is 11.6 Å². The van der Waals surface area contributed by atoms with E-state index in [1.165, 1.54) is 32.9 Å². The lowest BCUT2D eigenvalue weighted by Crippen LogP contribution is -2.25. The number of pyridine rings is 1. The minimum atomic E-state index is 1.21. The molecule has 4 rings (SSSR count). The van der Waals surface area contributed by atoms with Crippen LogP contribution in [0.4, 0.5) is 0 Å². The Morgan fingerprint density at radius 1 is 0.783 bits per heavy atom. The van der Waals surface area contributed by atoms with Gasteiger partial charge >= 0.3 is 0 Å². The first-order chi connectivity index (χ1) is 11.2. The van der Waals surface area contributed by atoms with Gasteiger partial charge in [-0.15, -0.1) is 0 Å². The Kier molecular flexibility index (Phi) is 3.23. The van der Waals surface area contributed by atoms with Crippen molar-refractivity contribution in [2.75, 3.05) is 0 Å². The Balaban J connectivity index is 1.78. The van der Waals surface area contributed by atoms with Gasteiger partial charge < -0.3 is 4.57 Å². The third-order valence-corrected chi connectivity index (χ3v) is 4.41. The monoisotopic (exact) mass is 299 g/mol. The van der Waals surface area contributed by atoms with Crippen molar-refractivity contribution in [3.8, 4) is 0 Å². The average molecular weight is 299 g/mol. The van der Waals surface area contributed by atoms with Gasteiger partial charge in [-0.25, -0.2) is 4.57 Å². The molecule has 0 N–H and O–H groups in total. The van der Waals surface area contributed by atoms with Gasteiger partial charge in [-0.3, -0.25) is 0 Å². The highest BCUT2D eigenvalue weighted by Crippen LogP contribution is 2.28. The Hall–Kier alpha value is -2.87. The number of rotatable bonds is 2. The van der Waals surface area contributed by atoms with Crippen LogP contribution in [0.5, 0.6) is 0 Å². The minimum Gasteiger partial charge on any atom is -0.344 e. The number of hydrogen-bond donors (Lipinski definition) is 0. The molecule has 0 spiro atoms. The lowest BCUT2D eigenvalue weighted by atomic mass is 10.1.